The minimum Gasteiger partial charge on any atom is -0.476 e. The Morgan fingerprint density at radius 3 is 2.45 bits per heavy atom. The Kier molecular flexibility index (Phi) is 4.11. The summed E-state index contributed by atoms with van der Waals surface area (Å²) in [6, 6.07) is 7.27. The topological polar surface area (TPSA) is 55.1 Å². The second-order valence-corrected chi connectivity index (χ2v) is 6.92. The van der Waals surface area contributed by atoms with Gasteiger partial charge in [0.2, 0.25) is 0 Å². The summed E-state index contributed by atoms with van der Waals surface area (Å²) in [5.41, 5.74) is 1.32. The van der Waals surface area contributed by atoms with Crippen molar-refractivity contribution in [3.8, 4) is 5.69 Å². The second-order valence-electron chi connectivity index (χ2n) is 5.43. The Labute approximate surface area is 135 Å². The molecule has 6 heteroatoms. The third-order valence-electron chi connectivity index (χ3n) is 2.82. The minimum absolute atomic E-state index is 0.0513. The molecule has 1 aromatic carbocycles. The van der Waals surface area contributed by atoms with Gasteiger partial charge in [-0.1, -0.05) is 44.5 Å². The molecule has 0 atom stereocenters. The van der Waals surface area contributed by atoms with Crippen molar-refractivity contribution in [1.82, 2.24) is 9.78 Å². The number of aromatic carboxylic acids is 1. The van der Waals surface area contributed by atoms with Crippen LogP contribution < -0.4 is 0 Å². The molecule has 4 nitrogen and oxygen atoms in total. The van der Waals surface area contributed by atoms with Gasteiger partial charge in [-0.15, -0.1) is 0 Å². The first kappa shape index (κ1) is 15.3. The zero-order valence-corrected chi connectivity index (χ0v) is 14.2. The van der Waals surface area contributed by atoms with E-state index >= 15 is 0 Å². The van der Waals surface area contributed by atoms with Crippen LogP contribution in [0.1, 0.15) is 37.0 Å². The number of halogens is 2. The van der Waals surface area contributed by atoms with E-state index in [1.165, 1.54) is 0 Å². The number of para-hydroxylation sites is 1. The number of benzene rings is 1. The normalized spacial score (nSPS) is 11.7. The van der Waals surface area contributed by atoms with Crippen LogP contribution in [0.5, 0.6) is 0 Å². The quantitative estimate of drug-likeness (QED) is 0.766. The zero-order valence-electron chi connectivity index (χ0n) is 11.3. The lowest BCUT2D eigenvalue weighted by atomic mass is 9.91. The second kappa shape index (κ2) is 5.37. The molecular formula is C14H14ClIN2O2. The van der Waals surface area contributed by atoms with Crippen molar-refractivity contribution in [1.29, 1.82) is 0 Å². The summed E-state index contributed by atoms with van der Waals surface area (Å²) in [5.74, 6) is -1.04. The van der Waals surface area contributed by atoms with Gasteiger partial charge in [-0.3, -0.25) is 0 Å². The maximum Gasteiger partial charge on any atom is 0.357 e. The lowest BCUT2D eigenvalue weighted by molar-refractivity contribution is 0.0689. The van der Waals surface area contributed by atoms with E-state index in [2.05, 4.69) is 5.10 Å². The van der Waals surface area contributed by atoms with Crippen molar-refractivity contribution >= 4 is 40.2 Å². The van der Waals surface area contributed by atoms with Crippen LogP contribution in [0.3, 0.4) is 0 Å². The molecule has 0 saturated carbocycles. The van der Waals surface area contributed by atoms with E-state index in [9.17, 15) is 9.90 Å². The largest absolute Gasteiger partial charge is 0.476 e. The number of rotatable bonds is 2. The molecule has 106 valence electrons. The molecule has 0 spiro atoms. The number of hydrogen-bond donors (Lipinski definition) is 1. The average Bonchev–Trinajstić information content (AvgIpc) is 2.67. The summed E-state index contributed by atoms with van der Waals surface area (Å²) in [5, 5.41) is 14.0. The smallest absolute Gasteiger partial charge is 0.357 e. The molecule has 1 N–H and O–H groups in total. The van der Waals surface area contributed by atoms with Crippen molar-refractivity contribution in [3.63, 3.8) is 0 Å². The van der Waals surface area contributed by atoms with Gasteiger partial charge in [0.15, 0.2) is 5.69 Å². The molecule has 0 aliphatic rings. The lowest BCUT2D eigenvalue weighted by Gasteiger charge is -2.21. The van der Waals surface area contributed by atoms with E-state index in [0.717, 1.165) is 5.69 Å². The summed E-state index contributed by atoms with van der Waals surface area (Å²) in [6.07, 6.45) is 0. The fourth-order valence-electron chi connectivity index (χ4n) is 1.98. The van der Waals surface area contributed by atoms with Crippen molar-refractivity contribution in [2.24, 2.45) is 0 Å². The van der Waals surface area contributed by atoms with Gasteiger partial charge in [-0.05, 0) is 34.7 Å². The highest BCUT2D eigenvalue weighted by Crippen LogP contribution is 2.33. The first-order valence-corrected chi connectivity index (χ1v) is 7.46. The number of carbonyl (C=O) groups is 1. The molecule has 0 amide bonds. The van der Waals surface area contributed by atoms with Gasteiger partial charge < -0.3 is 5.11 Å². The fraction of sp³-hybridized carbons (Fsp3) is 0.286. The van der Waals surface area contributed by atoms with Gasteiger partial charge in [-0.2, -0.15) is 5.10 Å². The average molecular weight is 405 g/mol. The van der Waals surface area contributed by atoms with E-state index < -0.39 is 5.97 Å². The standard InChI is InChI=1S/C14H14ClIN2O2/c1-14(2,3)12-10(16)11(13(19)20)17-18(12)9-7-5-4-6-8(9)15/h4-7H,1-3H3,(H,19,20). The number of aromatic nitrogens is 2. The molecule has 0 aliphatic heterocycles. The molecule has 1 heterocycles. The summed E-state index contributed by atoms with van der Waals surface area (Å²) in [6.45, 7) is 6.06. The van der Waals surface area contributed by atoms with Gasteiger partial charge in [0.05, 0.1) is 20.0 Å². The fourth-order valence-corrected chi connectivity index (χ4v) is 3.57. The number of carboxylic acid groups (broad SMARTS) is 1. The first-order valence-electron chi connectivity index (χ1n) is 6.00. The predicted octanol–water partition coefficient (Wildman–Crippen LogP) is 4.13. The van der Waals surface area contributed by atoms with Gasteiger partial charge in [-0.25, -0.2) is 9.48 Å². The number of nitrogens with zero attached hydrogens (tertiary/aromatic N) is 2. The Balaban J connectivity index is 2.80. The molecule has 0 unspecified atom stereocenters. The Morgan fingerprint density at radius 1 is 1.35 bits per heavy atom. The molecule has 1 aromatic heterocycles. The Morgan fingerprint density at radius 2 is 1.95 bits per heavy atom. The van der Waals surface area contributed by atoms with Crippen molar-refractivity contribution < 1.29 is 9.90 Å². The zero-order chi connectivity index (χ0) is 15.1. The molecule has 0 fully saturated rings. The molecule has 0 saturated heterocycles. The maximum absolute atomic E-state index is 11.3. The van der Waals surface area contributed by atoms with Crippen molar-refractivity contribution in [3.05, 3.63) is 44.2 Å². The SMILES string of the molecule is CC(C)(C)c1c(I)c(C(=O)O)nn1-c1ccccc1Cl. The van der Waals surface area contributed by atoms with Crippen LogP contribution in [-0.4, -0.2) is 20.9 Å². The number of carboxylic acids is 1. The minimum atomic E-state index is -1.04. The van der Waals surface area contributed by atoms with E-state index in [-0.39, 0.29) is 11.1 Å². The molecule has 0 radical (unpaired) electrons. The summed E-state index contributed by atoms with van der Waals surface area (Å²) >= 11 is 8.24. The lowest BCUT2D eigenvalue weighted by Crippen LogP contribution is -2.19. The van der Waals surface area contributed by atoms with E-state index in [0.29, 0.717) is 14.3 Å². The van der Waals surface area contributed by atoms with Crippen LogP contribution in [0.15, 0.2) is 24.3 Å². The molecule has 2 rings (SSSR count). The van der Waals surface area contributed by atoms with Gasteiger partial charge in [0, 0.05) is 5.41 Å². The number of hydrogen-bond acceptors (Lipinski definition) is 2. The molecule has 0 bridgehead atoms. The highest BCUT2D eigenvalue weighted by atomic mass is 127. The highest BCUT2D eigenvalue weighted by molar-refractivity contribution is 14.1. The van der Waals surface area contributed by atoms with Crippen LogP contribution in [0.25, 0.3) is 5.69 Å². The summed E-state index contributed by atoms with van der Waals surface area (Å²) < 4.78 is 2.27. The van der Waals surface area contributed by atoms with Gasteiger partial charge in [0.25, 0.3) is 0 Å². The van der Waals surface area contributed by atoms with Crippen LogP contribution in [0, 0.1) is 3.57 Å². The van der Waals surface area contributed by atoms with Crippen LogP contribution >= 0.6 is 34.2 Å². The molecule has 0 aliphatic carbocycles. The van der Waals surface area contributed by atoms with Crippen molar-refractivity contribution in [2.45, 2.75) is 26.2 Å². The van der Waals surface area contributed by atoms with E-state index in [1.54, 1.807) is 10.7 Å². The highest BCUT2D eigenvalue weighted by Gasteiger charge is 2.29. The van der Waals surface area contributed by atoms with Crippen LogP contribution in [0.2, 0.25) is 5.02 Å². The van der Waals surface area contributed by atoms with Crippen LogP contribution in [0.4, 0.5) is 0 Å². The van der Waals surface area contributed by atoms with Crippen LogP contribution in [-0.2, 0) is 5.41 Å². The summed E-state index contributed by atoms with van der Waals surface area (Å²) in [7, 11) is 0. The van der Waals surface area contributed by atoms with Gasteiger partial charge >= 0.3 is 5.97 Å². The monoisotopic (exact) mass is 404 g/mol. The van der Waals surface area contributed by atoms with E-state index in [4.69, 9.17) is 11.6 Å². The Bertz CT molecular complexity index is 674. The molecule has 20 heavy (non-hydrogen) atoms. The van der Waals surface area contributed by atoms with Crippen molar-refractivity contribution in [2.75, 3.05) is 0 Å². The predicted molar refractivity (Wildman–Crippen MR) is 87.0 cm³/mol. The molecular weight excluding hydrogens is 391 g/mol. The van der Waals surface area contributed by atoms with E-state index in [1.807, 2.05) is 61.6 Å². The third-order valence-corrected chi connectivity index (χ3v) is 4.16. The Hall–Kier alpha value is -1.08. The first-order chi connectivity index (χ1) is 9.23. The third kappa shape index (κ3) is 2.69. The summed E-state index contributed by atoms with van der Waals surface area (Å²) in [4.78, 5) is 11.3. The van der Waals surface area contributed by atoms with Gasteiger partial charge in [0.1, 0.15) is 0 Å². The maximum atomic E-state index is 11.3. The molecule has 2 aromatic rings.